The summed E-state index contributed by atoms with van der Waals surface area (Å²) in [6.45, 7) is 5.02. The fraction of sp³-hybridized carbons (Fsp3) is 0.333. The number of aromatic carboxylic acids is 1. The van der Waals surface area contributed by atoms with Gasteiger partial charge in [0, 0.05) is 6.92 Å². The van der Waals surface area contributed by atoms with Crippen LogP contribution in [0.25, 0.3) is 0 Å². The third-order valence-corrected chi connectivity index (χ3v) is 2.55. The van der Waals surface area contributed by atoms with E-state index in [4.69, 9.17) is 14.0 Å². The Kier molecular flexibility index (Phi) is 3.31. The Morgan fingerprint density at radius 3 is 2.45 bits per heavy atom. The van der Waals surface area contributed by atoms with Crippen LogP contribution in [0.2, 0.25) is 0 Å². The lowest BCUT2D eigenvalue weighted by Gasteiger charge is -2.21. The lowest BCUT2D eigenvalue weighted by atomic mass is 10.0. The van der Waals surface area contributed by atoms with E-state index in [2.05, 4.69) is 15.5 Å². The first kappa shape index (κ1) is 13.8. The van der Waals surface area contributed by atoms with E-state index in [1.165, 1.54) is 12.1 Å². The Labute approximate surface area is 113 Å². The van der Waals surface area contributed by atoms with Crippen LogP contribution in [-0.2, 0) is 5.54 Å². The van der Waals surface area contributed by atoms with E-state index >= 15 is 0 Å². The van der Waals surface area contributed by atoms with Gasteiger partial charge in [0.05, 0.1) is 5.54 Å². The Morgan fingerprint density at radius 1 is 1.30 bits per heavy atom. The van der Waals surface area contributed by atoms with E-state index in [9.17, 15) is 9.59 Å². The molecule has 0 aromatic carbocycles. The maximum atomic E-state index is 12.0. The zero-order valence-electron chi connectivity index (χ0n) is 11.1. The van der Waals surface area contributed by atoms with Crippen LogP contribution < -0.4 is 5.32 Å². The smallest absolute Gasteiger partial charge is 0.371 e. The topological polar surface area (TPSA) is 118 Å². The fourth-order valence-corrected chi connectivity index (χ4v) is 1.53. The molecule has 8 heteroatoms. The molecule has 1 amide bonds. The van der Waals surface area contributed by atoms with Gasteiger partial charge in [0.1, 0.15) is 0 Å². The lowest BCUT2D eigenvalue weighted by molar-refractivity contribution is 0.0659. The molecule has 0 fully saturated rings. The van der Waals surface area contributed by atoms with Crippen LogP contribution in [0.15, 0.2) is 21.1 Å². The first-order valence-corrected chi connectivity index (χ1v) is 5.76. The molecular formula is C12H13N3O5. The highest BCUT2D eigenvalue weighted by Crippen LogP contribution is 2.18. The predicted octanol–water partition coefficient (Wildman–Crippen LogP) is 1.33. The van der Waals surface area contributed by atoms with Gasteiger partial charge in [-0.1, -0.05) is 5.16 Å². The summed E-state index contributed by atoms with van der Waals surface area (Å²) in [7, 11) is 0. The summed E-state index contributed by atoms with van der Waals surface area (Å²) >= 11 is 0. The van der Waals surface area contributed by atoms with Crippen molar-refractivity contribution in [3.63, 3.8) is 0 Å². The van der Waals surface area contributed by atoms with Crippen LogP contribution in [0.3, 0.4) is 0 Å². The van der Waals surface area contributed by atoms with E-state index in [0.717, 1.165) is 0 Å². The van der Waals surface area contributed by atoms with Crippen molar-refractivity contribution in [1.82, 2.24) is 15.5 Å². The van der Waals surface area contributed by atoms with E-state index < -0.39 is 17.4 Å². The van der Waals surface area contributed by atoms with Gasteiger partial charge < -0.3 is 19.4 Å². The minimum absolute atomic E-state index is 0.101. The van der Waals surface area contributed by atoms with Gasteiger partial charge in [-0.2, -0.15) is 4.98 Å². The summed E-state index contributed by atoms with van der Waals surface area (Å²) in [6.07, 6.45) is 0. The number of furan rings is 1. The van der Waals surface area contributed by atoms with E-state index in [0.29, 0.717) is 11.7 Å². The first-order valence-electron chi connectivity index (χ1n) is 5.76. The van der Waals surface area contributed by atoms with Gasteiger partial charge in [-0.05, 0) is 26.0 Å². The molecular weight excluding hydrogens is 266 g/mol. The van der Waals surface area contributed by atoms with Crippen molar-refractivity contribution < 1.29 is 23.6 Å². The largest absolute Gasteiger partial charge is 0.475 e. The summed E-state index contributed by atoms with van der Waals surface area (Å²) in [6, 6.07) is 2.50. The van der Waals surface area contributed by atoms with Gasteiger partial charge in [0.15, 0.2) is 11.6 Å². The molecule has 2 N–H and O–H groups in total. The van der Waals surface area contributed by atoms with Crippen LogP contribution in [0.5, 0.6) is 0 Å². The minimum Gasteiger partial charge on any atom is -0.475 e. The quantitative estimate of drug-likeness (QED) is 0.866. The molecule has 20 heavy (non-hydrogen) atoms. The van der Waals surface area contributed by atoms with Gasteiger partial charge in [-0.3, -0.25) is 4.79 Å². The fourth-order valence-electron chi connectivity index (χ4n) is 1.53. The molecule has 0 spiro atoms. The standard InChI is InChI=1S/C12H13N3O5/c1-6-13-11(15-20-6)12(2,3)14-9(16)7-4-5-8(19-7)10(17)18/h4-5H,1-3H3,(H,14,16)(H,17,18). The normalized spacial score (nSPS) is 11.3. The van der Waals surface area contributed by atoms with E-state index in [-0.39, 0.29) is 11.5 Å². The van der Waals surface area contributed by atoms with Gasteiger partial charge >= 0.3 is 5.97 Å². The van der Waals surface area contributed by atoms with Crippen molar-refractivity contribution in [2.24, 2.45) is 0 Å². The zero-order chi connectivity index (χ0) is 14.9. The molecule has 0 bridgehead atoms. The average Bonchev–Trinajstić information content (AvgIpc) is 2.96. The molecule has 0 radical (unpaired) electrons. The number of nitrogens with zero attached hydrogens (tertiary/aromatic N) is 2. The molecule has 2 heterocycles. The second-order valence-electron chi connectivity index (χ2n) is 4.69. The molecule has 0 unspecified atom stereocenters. The summed E-state index contributed by atoms with van der Waals surface area (Å²) < 4.78 is 9.78. The maximum absolute atomic E-state index is 12.0. The molecule has 0 saturated carbocycles. The number of nitrogens with one attached hydrogen (secondary N) is 1. The lowest BCUT2D eigenvalue weighted by Crippen LogP contribution is -2.41. The van der Waals surface area contributed by atoms with Crippen LogP contribution in [-0.4, -0.2) is 27.1 Å². The third-order valence-electron chi connectivity index (χ3n) is 2.55. The van der Waals surface area contributed by atoms with Crippen LogP contribution in [0.1, 0.15) is 46.7 Å². The van der Waals surface area contributed by atoms with E-state index in [1.54, 1.807) is 20.8 Å². The zero-order valence-corrected chi connectivity index (χ0v) is 11.1. The van der Waals surface area contributed by atoms with Crippen molar-refractivity contribution in [3.05, 3.63) is 35.4 Å². The number of amides is 1. The number of rotatable bonds is 4. The van der Waals surface area contributed by atoms with Crippen molar-refractivity contribution in [3.8, 4) is 0 Å². The molecule has 0 saturated heterocycles. The SMILES string of the molecule is Cc1nc(C(C)(C)NC(=O)c2ccc(C(=O)O)o2)no1. The van der Waals surface area contributed by atoms with Crippen molar-refractivity contribution in [2.45, 2.75) is 26.3 Å². The molecule has 106 valence electrons. The summed E-state index contributed by atoms with van der Waals surface area (Å²) in [5.74, 6) is -1.51. The molecule has 8 nitrogen and oxygen atoms in total. The highest BCUT2D eigenvalue weighted by Gasteiger charge is 2.29. The monoisotopic (exact) mass is 279 g/mol. The molecule has 2 rings (SSSR count). The van der Waals surface area contributed by atoms with Crippen molar-refractivity contribution in [1.29, 1.82) is 0 Å². The highest BCUT2D eigenvalue weighted by molar-refractivity contribution is 5.93. The number of hydrogen-bond acceptors (Lipinski definition) is 6. The molecule has 2 aromatic rings. The van der Waals surface area contributed by atoms with Crippen LogP contribution >= 0.6 is 0 Å². The minimum atomic E-state index is -1.24. The number of carbonyl (C=O) groups is 2. The number of carboxylic acids is 1. The molecule has 2 aromatic heterocycles. The van der Waals surface area contributed by atoms with Crippen LogP contribution in [0, 0.1) is 6.92 Å². The van der Waals surface area contributed by atoms with Crippen LogP contribution in [0.4, 0.5) is 0 Å². The first-order chi connectivity index (χ1) is 9.29. The van der Waals surface area contributed by atoms with Crippen molar-refractivity contribution >= 4 is 11.9 Å². The second kappa shape index (κ2) is 4.80. The van der Waals surface area contributed by atoms with E-state index in [1.807, 2.05) is 0 Å². The highest BCUT2D eigenvalue weighted by atomic mass is 16.5. The predicted molar refractivity (Wildman–Crippen MR) is 65.2 cm³/mol. The second-order valence-corrected chi connectivity index (χ2v) is 4.69. The summed E-state index contributed by atoms with van der Waals surface area (Å²) in [4.78, 5) is 26.7. The number of carbonyl (C=O) groups excluding carboxylic acids is 1. The number of carboxylic acid groups (broad SMARTS) is 1. The molecule has 0 aliphatic rings. The Hall–Kier alpha value is -2.64. The van der Waals surface area contributed by atoms with Crippen molar-refractivity contribution in [2.75, 3.05) is 0 Å². The van der Waals surface area contributed by atoms with Gasteiger partial charge in [-0.15, -0.1) is 0 Å². The average molecular weight is 279 g/mol. The van der Waals surface area contributed by atoms with Gasteiger partial charge in [0.25, 0.3) is 5.91 Å². The van der Waals surface area contributed by atoms with Gasteiger partial charge in [-0.25, -0.2) is 4.79 Å². The maximum Gasteiger partial charge on any atom is 0.371 e. The third kappa shape index (κ3) is 2.68. The Morgan fingerprint density at radius 2 is 1.95 bits per heavy atom. The Bertz CT molecular complexity index is 656. The molecule has 0 atom stereocenters. The summed E-state index contributed by atoms with van der Waals surface area (Å²) in [5, 5.41) is 15.1. The number of hydrogen-bond donors (Lipinski definition) is 2. The summed E-state index contributed by atoms with van der Waals surface area (Å²) in [5.41, 5.74) is -0.884. The number of aryl methyl sites for hydroxylation is 1. The molecule has 0 aliphatic carbocycles. The Balaban J connectivity index is 2.15. The molecule has 0 aliphatic heterocycles. The van der Waals surface area contributed by atoms with Gasteiger partial charge in [0.2, 0.25) is 11.7 Å². The number of aromatic nitrogens is 2.